The molecule has 156 valence electrons. The number of thiophene rings is 1. The Morgan fingerprint density at radius 2 is 1.72 bits per heavy atom. The van der Waals surface area contributed by atoms with Gasteiger partial charge in [-0.15, -0.1) is 11.3 Å². The Labute approximate surface area is 176 Å². The Morgan fingerprint density at radius 3 is 2.34 bits per heavy atom. The second-order valence-electron chi connectivity index (χ2n) is 7.40. The molecule has 0 saturated carbocycles. The molecule has 0 atom stereocenters. The molecule has 0 unspecified atom stereocenters. The van der Waals surface area contributed by atoms with E-state index in [1.807, 2.05) is 37.3 Å². The number of benzene rings is 1. The molecule has 1 aliphatic heterocycles. The first-order chi connectivity index (χ1) is 14.0. The van der Waals surface area contributed by atoms with Crippen LogP contribution in [0, 0.1) is 6.92 Å². The zero-order valence-corrected chi connectivity index (χ0v) is 18.3. The fourth-order valence-electron chi connectivity index (χ4n) is 3.87. The van der Waals surface area contributed by atoms with Crippen molar-refractivity contribution in [2.45, 2.75) is 20.8 Å². The number of hydrogen-bond donors (Lipinski definition) is 3. The van der Waals surface area contributed by atoms with Crippen LogP contribution < -0.4 is 15.1 Å². The van der Waals surface area contributed by atoms with Crippen molar-refractivity contribution in [2.24, 2.45) is 0 Å². The molecule has 3 N–H and O–H groups in total. The van der Waals surface area contributed by atoms with Gasteiger partial charge < -0.3 is 19.9 Å². The molecule has 0 bridgehead atoms. The number of piperazine rings is 1. The fourth-order valence-corrected chi connectivity index (χ4v) is 4.95. The maximum absolute atomic E-state index is 12.7. The van der Waals surface area contributed by atoms with E-state index < -0.39 is 5.97 Å². The van der Waals surface area contributed by atoms with E-state index in [4.69, 9.17) is 4.74 Å². The fraction of sp³-hybridized carbons (Fsp3) is 0.455. The highest BCUT2D eigenvalue weighted by Gasteiger charge is 2.28. The van der Waals surface area contributed by atoms with Gasteiger partial charge >= 0.3 is 5.97 Å². The van der Waals surface area contributed by atoms with Crippen LogP contribution in [0.3, 0.4) is 0 Å². The third kappa shape index (κ3) is 5.23. The summed E-state index contributed by atoms with van der Waals surface area (Å²) >= 11 is 1.44. The van der Waals surface area contributed by atoms with Gasteiger partial charge in [0.1, 0.15) is 36.7 Å². The number of ether oxygens (including phenoxy) is 1. The highest BCUT2D eigenvalue weighted by molar-refractivity contribution is 7.17. The smallest absolute Gasteiger partial charge is 0.341 e. The topological polar surface area (TPSA) is 64.3 Å². The lowest BCUT2D eigenvalue weighted by Crippen LogP contribution is -3.28. The van der Waals surface area contributed by atoms with E-state index >= 15 is 0 Å². The summed E-state index contributed by atoms with van der Waals surface area (Å²) in [6, 6.07) is 9.79. The molecule has 1 saturated heterocycles. The molecule has 29 heavy (non-hydrogen) atoms. The number of carbonyl (C=O) groups excluding carboxylic acids is 2. The highest BCUT2D eigenvalue weighted by Crippen LogP contribution is 2.40. The van der Waals surface area contributed by atoms with Gasteiger partial charge in [-0.1, -0.05) is 30.3 Å². The van der Waals surface area contributed by atoms with E-state index in [-0.39, 0.29) is 5.91 Å². The molecule has 1 amide bonds. The molecule has 0 radical (unpaired) electrons. The van der Waals surface area contributed by atoms with E-state index in [9.17, 15) is 9.59 Å². The average Bonchev–Trinajstić information content (AvgIpc) is 3.05. The second kappa shape index (κ2) is 10.0. The Bertz CT molecular complexity index is 842. The zero-order chi connectivity index (χ0) is 20.8. The van der Waals surface area contributed by atoms with Gasteiger partial charge in [-0.25, -0.2) is 4.79 Å². The summed E-state index contributed by atoms with van der Waals surface area (Å²) in [7, 11) is 0. The van der Waals surface area contributed by atoms with Gasteiger partial charge in [-0.05, 0) is 26.3 Å². The molecule has 2 heterocycles. The summed E-state index contributed by atoms with van der Waals surface area (Å²) in [6.07, 6.45) is 0. The van der Waals surface area contributed by atoms with Crippen molar-refractivity contribution < 1.29 is 24.1 Å². The summed E-state index contributed by atoms with van der Waals surface area (Å²) in [5, 5.41) is 3.59. The maximum atomic E-state index is 12.7. The number of likely N-dealkylation sites (N-methyl/N-ethyl adjacent to an activating group) is 1. The van der Waals surface area contributed by atoms with Crippen molar-refractivity contribution in [3.05, 3.63) is 40.8 Å². The van der Waals surface area contributed by atoms with Crippen LogP contribution in [0.25, 0.3) is 11.1 Å². The van der Waals surface area contributed by atoms with Gasteiger partial charge in [-0.3, -0.25) is 4.79 Å². The summed E-state index contributed by atoms with van der Waals surface area (Å²) in [4.78, 5) is 29.4. The lowest BCUT2D eigenvalue weighted by molar-refractivity contribution is -1.01. The molecular weight excluding hydrogens is 386 g/mol. The van der Waals surface area contributed by atoms with Crippen molar-refractivity contribution >= 4 is 28.2 Å². The number of quaternary nitrogens is 2. The first-order valence-corrected chi connectivity index (χ1v) is 11.2. The second-order valence-corrected chi connectivity index (χ2v) is 8.63. The molecule has 1 aromatic heterocycles. The third-order valence-electron chi connectivity index (χ3n) is 5.45. The SMILES string of the molecule is CCOC(=O)c1c(NC(=O)C[NH+]2CC[NH+](CC)CC2)sc(C)c1-c1ccccc1. The number of amides is 1. The Balaban J connectivity index is 1.80. The normalized spacial score (nSPS) is 19.0. The first kappa shape index (κ1) is 21.5. The van der Waals surface area contributed by atoms with Crippen LogP contribution in [0.4, 0.5) is 5.00 Å². The zero-order valence-electron chi connectivity index (χ0n) is 17.5. The van der Waals surface area contributed by atoms with E-state index in [2.05, 4.69) is 12.2 Å². The molecule has 1 fully saturated rings. The van der Waals surface area contributed by atoms with Crippen LogP contribution in [0.1, 0.15) is 29.1 Å². The van der Waals surface area contributed by atoms with Crippen LogP contribution >= 0.6 is 11.3 Å². The minimum Gasteiger partial charge on any atom is -0.462 e. The number of aryl methyl sites for hydroxylation is 1. The number of esters is 1. The lowest BCUT2D eigenvalue weighted by Gasteiger charge is -2.28. The van der Waals surface area contributed by atoms with Crippen LogP contribution in [-0.2, 0) is 9.53 Å². The van der Waals surface area contributed by atoms with Gasteiger partial charge in [0.05, 0.1) is 13.2 Å². The monoisotopic (exact) mass is 417 g/mol. The van der Waals surface area contributed by atoms with Crippen molar-refractivity contribution in [1.29, 1.82) is 0 Å². The predicted molar refractivity (Wildman–Crippen MR) is 116 cm³/mol. The Hall–Kier alpha value is -2.22. The molecule has 1 aliphatic rings. The molecule has 6 nitrogen and oxygen atoms in total. The molecule has 0 spiro atoms. The van der Waals surface area contributed by atoms with E-state index in [0.717, 1.165) is 48.7 Å². The van der Waals surface area contributed by atoms with E-state index in [0.29, 0.717) is 23.7 Å². The number of anilines is 1. The van der Waals surface area contributed by atoms with Gasteiger partial charge in [0.15, 0.2) is 6.54 Å². The predicted octanol–water partition coefficient (Wildman–Crippen LogP) is 0.642. The summed E-state index contributed by atoms with van der Waals surface area (Å²) < 4.78 is 5.31. The van der Waals surface area contributed by atoms with Crippen LogP contribution in [0.2, 0.25) is 0 Å². The number of carbonyl (C=O) groups is 2. The Morgan fingerprint density at radius 1 is 1.07 bits per heavy atom. The standard InChI is InChI=1S/C22H29N3O3S/c1-4-24-11-13-25(14-12-24)15-18(26)23-21-20(22(27)28-5-2)19(16(3)29-21)17-9-7-6-8-10-17/h6-10H,4-5,11-15H2,1-3H3,(H,23,26)/p+2. The van der Waals surface area contributed by atoms with Crippen molar-refractivity contribution in [3.8, 4) is 11.1 Å². The molecule has 3 rings (SSSR count). The number of hydrogen-bond acceptors (Lipinski definition) is 4. The first-order valence-electron chi connectivity index (χ1n) is 10.4. The summed E-state index contributed by atoms with van der Waals surface area (Å²) in [6.45, 7) is 12.0. The van der Waals surface area contributed by atoms with Gasteiger partial charge in [-0.2, -0.15) is 0 Å². The van der Waals surface area contributed by atoms with Crippen molar-refractivity contribution in [3.63, 3.8) is 0 Å². The summed E-state index contributed by atoms with van der Waals surface area (Å²) in [5.41, 5.74) is 2.26. The summed E-state index contributed by atoms with van der Waals surface area (Å²) in [5.74, 6) is -0.440. The third-order valence-corrected chi connectivity index (χ3v) is 6.47. The van der Waals surface area contributed by atoms with Crippen LogP contribution in [-0.4, -0.2) is 57.8 Å². The molecule has 1 aromatic carbocycles. The molecule has 2 aromatic rings. The van der Waals surface area contributed by atoms with Crippen molar-refractivity contribution in [1.82, 2.24) is 0 Å². The van der Waals surface area contributed by atoms with Gasteiger partial charge in [0.25, 0.3) is 5.91 Å². The molecular formula is C22H31N3O3S+2. The van der Waals surface area contributed by atoms with Crippen molar-refractivity contribution in [2.75, 3.05) is 51.2 Å². The molecule has 0 aliphatic carbocycles. The van der Waals surface area contributed by atoms with E-state index in [1.54, 1.807) is 11.8 Å². The maximum Gasteiger partial charge on any atom is 0.341 e. The average molecular weight is 418 g/mol. The number of rotatable bonds is 7. The minimum absolute atomic E-state index is 0.0497. The minimum atomic E-state index is -0.390. The quantitative estimate of drug-likeness (QED) is 0.580. The van der Waals surface area contributed by atoms with Crippen LogP contribution in [0.15, 0.2) is 30.3 Å². The van der Waals surface area contributed by atoms with Gasteiger partial charge in [0, 0.05) is 10.4 Å². The highest BCUT2D eigenvalue weighted by atomic mass is 32.1. The van der Waals surface area contributed by atoms with Gasteiger partial charge in [0.2, 0.25) is 0 Å². The Kier molecular flexibility index (Phi) is 7.41. The number of nitrogens with one attached hydrogen (secondary N) is 3. The van der Waals surface area contributed by atoms with E-state index in [1.165, 1.54) is 16.2 Å². The largest absolute Gasteiger partial charge is 0.462 e. The molecule has 7 heteroatoms. The van der Waals surface area contributed by atoms with Crippen LogP contribution in [0.5, 0.6) is 0 Å². The lowest BCUT2D eigenvalue weighted by atomic mass is 10.0.